The molecule has 3 aliphatic rings. The molecule has 0 bridgehead atoms. The van der Waals surface area contributed by atoms with Gasteiger partial charge in [0.25, 0.3) is 0 Å². The van der Waals surface area contributed by atoms with Gasteiger partial charge in [0, 0.05) is 19.3 Å². The van der Waals surface area contributed by atoms with E-state index in [-0.39, 0.29) is 35.0 Å². The molecule has 3 aliphatic carbocycles. The summed E-state index contributed by atoms with van der Waals surface area (Å²) in [6, 6.07) is 0. The minimum absolute atomic E-state index is 0.0431. The Morgan fingerprint density at radius 2 is 1.65 bits per heavy atom. The molecule has 228 valence electrons. The summed E-state index contributed by atoms with van der Waals surface area (Å²) in [5.74, 6) is 2.40. The van der Waals surface area contributed by atoms with Crippen LogP contribution in [-0.2, 0) is 23.9 Å². The second-order valence-electron chi connectivity index (χ2n) is 14.3. The molecule has 0 radical (unpaired) electrons. The highest BCUT2D eigenvalue weighted by Gasteiger charge is 2.56. The van der Waals surface area contributed by atoms with E-state index >= 15 is 0 Å². The first-order chi connectivity index (χ1) is 19.0. The maximum Gasteiger partial charge on any atom is 0.306 e. The van der Waals surface area contributed by atoms with Gasteiger partial charge in [-0.1, -0.05) is 47.6 Å². The van der Waals surface area contributed by atoms with Crippen LogP contribution in [0.15, 0.2) is 11.6 Å². The van der Waals surface area contributed by atoms with Crippen molar-refractivity contribution in [2.24, 2.45) is 40.4 Å². The first kappa shape index (κ1) is 32.9. The van der Waals surface area contributed by atoms with Gasteiger partial charge in [-0.2, -0.15) is 0 Å². The standard InChI is InChI=1S/C35H58O5/c1-8-10-32(37)39-27-16-20-35(7)26(22-27)13-14-28-29(18-21-36)34(6,19-17-30(28)35)23-25(5)31(15-12-24(3)4)40-33(38)11-9-2/h21,23-24,26-31H,8-20,22H2,1-7H3/b25-23+/t26?,27-,28-,29?,30-,31+,34+,35-/m0/s1. The SMILES string of the molecule is CCCC(=O)O[C@H]1CC[C@@]2(C)C(CC[C@H]3C(CC=O)[C@@](C)(/C=C(\C)[C@@H](CCC(C)C)OC(=O)CCC)CC[C@@H]32)C1. The number of hydrogen-bond donors (Lipinski definition) is 0. The molecule has 3 fully saturated rings. The normalized spacial score (nSPS) is 34.9. The molecule has 8 atom stereocenters. The quantitative estimate of drug-likeness (QED) is 0.129. The fraction of sp³-hybridized carbons (Fsp3) is 0.857. The third-order valence-electron chi connectivity index (χ3n) is 11.0. The summed E-state index contributed by atoms with van der Waals surface area (Å²) < 4.78 is 11.9. The van der Waals surface area contributed by atoms with Crippen LogP contribution >= 0.6 is 0 Å². The molecule has 0 aromatic rings. The summed E-state index contributed by atoms with van der Waals surface area (Å²) in [5, 5.41) is 0. The topological polar surface area (TPSA) is 69.7 Å². The molecule has 0 aliphatic heterocycles. The predicted octanol–water partition coefficient (Wildman–Crippen LogP) is 8.63. The largest absolute Gasteiger partial charge is 0.462 e. The van der Waals surface area contributed by atoms with Crippen LogP contribution in [0.4, 0.5) is 0 Å². The Morgan fingerprint density at radius 3 is 2.30 bits per heavy atom. The van der Waals surface area contributed by atoms with Crippen molar-refractivity contribution >= 4 is 18.2 Å². The Morgan fingerprint density at radius 1 is 0.950 bits per heavy atom. The number of esters is 2. The zero-order valence-electron chi connectivity index (χ0n) is 26.6. The van der Waals surface area contributed by atoms with Gasteiger partial charge < -0.3 is 14.3 Å². The summed E-state index contributed by atoms with van der Waals surface area (Å²) >= 11 is 0. The van der Waals surface area contributed by atoms with Crippen LogP contribution in [0.25, 0.3) is 0 Å². The highest BCUT2D eigenvalue weighted by Crippen LogP contribution is 2.64. The summed E-state index contributed by atoms with van der Waals surface area (Å²) in [5.41, 5.74) is 1.30. The van der Waals surface area contributed by atoms with E-state index in [0.717, 1.165) is 76.1 Å². The van der Waals surface area contributed by atoms with E-state index in [4.69, 9.17) is 9.47 Å². The highest BCUT2D eigenvalue weighted by molar-refractivity contribution is 5.70. The minimum atomic E-state index is -0.188. The van der Waals surface area contributed by atoms with E-state index in [1.165, 1.54) is 6.42 Å². The maximum absolute atomic E-state index is 12.5. The lowest BCUT2D eigenvalue weighted by Crippen LogP contribution is -2.54. The molecule has 0 spiro atoms. The van der Waals surface area contributed by atoms with Crippen LogP contribution in [0.1, 0.15) is 138 Å². The van der Waals surface area contributed by atoms with Crippen LogP contribution in [0.5, 0.6) is 0 Å². The molecule has 5 heteroatoms. The first-order valence-electron chi connectivity index (χ1n) is 16.5. The number of carbonyl (C=O) groups excluding carboxylic acids is 3. The summed E-state index contributed by atoms with van der Waals surface area (Å²) in [6.45, 7) is 15.4. The van der Waals surface area contributed by atoms with Crippen molar-refractivity contribution in [2.75, 3.05) is 0 Å². The van der Waals surface area contributed by atoms with E-state index < -0.39 is 0 Å². The minimum Gasteiger partial charge on any atom is -0.462 e. The van der Waals surface area contributed by atoms with Crippen molar-refractivity contribution in [3.8, 4) is 0 Å². The molecule has 0 N–H and O–H groups in total. The van der Waals surface area contributed by atoms with Crippen LogP contribution in [0.3, 0.4) is 0 Å². The average molecular weight is 559 g/mol. The highest BCUT2D eigenvalue weighted by atomic mass is 16.5. The van der Waals surface area contributed by atoms with Gasteiger partial charge in [-0.15, -0.1) is 0 Å². The molecule has 5 nitrogen and oxygen atoms in total. The van der Waals surface area contributed by atoms with Crippen LogP contribution < -0.4 is 0 Å². The third-order valence-corrected chi connectivity index (χ3v) is 11.0. The van der Waals surface area contributed by atoms with E-state index in [0.29, 0.717) is 48.9 Å². The van der Waals surface area contributed by atoms with Crippen LogP contribution in [-0.4, -0.2) is 30.4 Å². The lowest BCUT2D eigenvalue weighted by atomic mass is 9.44. The van der Waals surface area contributed by atoms with Gasteiger partial charge in [-0.05, 0) is 124 Å². The zero-order chi connectivity index (χ0) is 29.5. The fourth-order valence-corrected chi connectivity index (χ4v) is 8.75. The molecule has 0 amide bonds. The molecule has 0 saturated heterocycles. The van der Waals surface area contributed by atoms with Gasteiger partial charge in [0.2, 0.25) is 0 Å². The van der Waals surface area contributed by atoms with Gasteiger partial charge in [0.15, 0.2) is 0 Å². The first-order valence-corrected chi connectivity index (χ1v) is 16.5. The van der Waals surface area contributed by atoms with E-state index in [9.17, 15) is 14.4 Å². The Kier molecular flexibility index (Phi) is 11.9. The summed E-state index contributed by atoms with van der Waals surface area (Å²) in [4.78, 5) is 36.7. The second kappa shape index (κ2) is 14.5. The van der Waals surface area contributed by atoms with E-state index in [1.54, 1.807) is 0 Å². The van der Waals surface area contributed by atoms with Crippen molar-refractivity contribution in [3.05, 3.63) is 11.6 Å². The van der Waals surface area contributed by atoms with Crippen molar-refractivity contribution < 1.29 is 23.9 Å². The molecule has 0 aromatic carbocycles. The average Bonchev–Trinajstić information content (AvgIpc) is 2.88. The molecular formula is C35H58O5. The molecule has 3 rings (SSSR count). The number of ether oxygens (including phenoxy) is 2. The molecule has 3 saturated carbocycles. The zero-order valence-corrected chi connectivity index (χ0v) is 26.6. The lowest BCUT2D eigenvalue weighted by molar-refractivity contribution is -0.161. The van der Waals surface area contributed by atoms with Gasteiger partial charge in [0.1, 0.15) is 18.5 Å². The van der Waals surface area contributed by atoms with E-state index in [1.807, 2.05) is 13.8 Å². The van der Waals surface area contributed by atoms with Crippen molar-refractivity contribution in [1.82, 2.24) is 0 Å². The number of aldehydes is 1. The molecule has 40 heavy (non-hydrogen) atoms. The number of carbonyl (C=O) groups is 3. The third kappa shape index (κ3) is 7.79. The number of rotatable bonds is 13. The predicted molar refractivity (Wildman–Crippen MR) is 161 cm³/mol. The number of allylic oxidation sites excluding steroid dienone is 1. The summed E-state index contributed by atoms with van der Waals surface area (Å²) in [7, 11) is 0. The fourth-order valence-electron chi connectivity index (χ4n) is 8.75. The number of hydrogen-bond acceptors (Lipinski definition) is 5. The Labute approximate surface area is 244 Å². The number of fused-ring (bicyclic) bond motifs is 3. The molecular weight excluding hydrogens is 500 g/mol. The Hall–Kier alpha value is -1.65. The van der Waals surface area contributed by atoms with Gasteiger partial charge in [0.05, 0.1) is 0 Å². The Balaban J connectivity index is 1.80. The maximum atomic E-state index is 12.5. The van der Waals surface area contributed by atoms with Crippen LogP contribution in [0.2, 0.25) is 0 Å². The van der Waals surface area contributed by atoms with Crippen molar-refractivity contribution in [2.45, 2.75) is 151 Å². The molecule has 0 aromatic heterocycles. The van der Waals surface area contributed by atoms with E-state index in [2.05, 4.69) is 40.7 Å². The van der Waals surface area contributed by atoms with Gasteiger partial charge >= 0.3 is 11.9 Å². The second-order valence-corrected chi connectivity index (χ2v) is 14.3. The summed E-state index contributed by atoms with van der Waals surface area (Å²) in [6.07, 6.45) is 16.0. The van der Waals surface area contributed by atoms with Crippen molar-refractivity contribution in [3.63, 3.8) is 0 Å². The molecule has 2 unspecified atom stereocenters. The Bertz CT molecular complexity index is 892. The smallest absolute Gasteiger partial charge is 0.306 e. The van der Waals surface area contributed by atoms with Gasteiger partial charge in [-0.3, -0.25) is 9.59 Å². The monoisotopic (exact) mass is 558 g/mol. The lowest BCUT2D eigenvalue weighted by Gasteiger charge is -2.61. The molecule has 0 heterocycles. The van der Waals surface area contributed by atoms with Gasteiger partial charge in [-0.25, -0.2) is 0 Å². The van der Waals surface area contributed by atoms with Crippen LogP contribution in [0, 0.1) is 40.4 Å². The van der Waals surface area contributed by atoms with Crippen molar-refractivity contribution in [1.29, 1.82) is 0 Å².